The molecule has 16 heavy (non-hydrogen) atoms. The Labute approximate surface area is 94.9 Å². The van der Waals surface area contributed by atoms with Gasteiger partial charge >= 0.3 is 0 Å². The fourth-order valence-electron chi connectivity index (χ4n) is 1.31. The summed E-state index contributed by atoms with van der Waals surface area (Å²) in [6, 6.07) is 1.35. The van der Waals surface area contributed by atoms with E-state index >= 15 is 0 Å². The maximum atomic E-state index is 11.4. The zero-order valence-corrected chi connectivity index (χ0v) is 9.95. The van der Waals surface area contributed by atoms with Gasteiger partial charge in [0.25, 0.3) is 5.56 Å². The molecule has 0 saturated carbocycles. The van der Waals surface area contributed by atoms with Crippen molar-refractivity contribution in [1.29, 1.82) is 0 Å². The normalized spacial score (nSPS) is 12.8. The topological polar surface area (TPSA) is 78.0 Å². The van der Waals surface area contributed by atoms with Crippen LogP contribution in [-0.4, -0.2) is 27.7 Å². The van der Waals surface area contributed by atoms with E-state index in [1.807, 2.05) is 20.8 Å². The molecule has 0 aliphatic heterocycles. The van der Waals surface area contributed by atoms with E-state index in [4.69, 9.17) is 5.11 Å². The van der Waals surface area contributed by atoms with Gasteiger partial charge in [-0.05, 0) is 6.42 Å². The van der Waals surface area contributed by atoms with Crippen LogP contribution < -0.4 is 10.9 Å². The standard InChI is InChI=1S/C11H19N3O2/c1-4-8(6-15)12-9-5-10(16)14-11(13-9)7(2)3/h5,7-8,15H,4,6H2,1-3H3,(H2,12,13,14,16). The highest BCUT2D eigenvalue weighted by Crippen LogP contribution is 2.10. The number of rotatable bonds is 5. The molecule has 0 aliphatic carbocycles. The largest absolute Gasteiger partial charge is 0.394 e. The first kappa shape index (κ1) is 12.7. The minimum Gasteiger partial charge on any atom is -0.394 e. The zero-order chi connectivity index (χ0) is 12.1. The Hall–Kier alpha value is -1.36. The Bertz CT molecular complexity index is 383. The molecule has 5 heteroatoms. The monoisotopic (exact) mass is 225 g/mol. The van der Waals surface area contributed by atoms with Gasteiger partial charge in [0.15, 0.2) is 0 Å². The van der Waals surface area contributed by atoms with Crippen LogP contribution in [0.1, 0.15) is 38.9 Å². The number of aliphatic hydroxyl groups is 1. The van der Waals surface area contributed by atoms with Crippen molar-refractivity contribution in [3.63, 3.8) is 0 Å². The first-order valence-corrected chi connectivity index (χ1v) is 5.55. The molecule has 3 N–H and O–H groups in total. The van der Waals surface area contributed by atoms with Crippen molar-refractivity contribution in [2.75, 3.05) is 11.9 Å². The number of nitrogens with one attached hydrogen (secondary N) is 2. The van der Waals surface area contributed by atoms with Gasteiger partial charge in [-0.1, -0.05) is 20.8 Å². The Balaban J connectivity index is 2.92. The molecular formula is C11H19N3O2. The van der Waals surface area contributed by atoms with Gasteiger partial charge in [0.2, 0.25) is 0 Å². The fraction of sp³-hybridized carbons (Fsp3) is 0.636. The second-order valence-corrected chi connectivity index (χ2v) is 4.10. The Kier molecular flexibility index (Phi) is 4.49. The molecule has 0 aliphatic rings. The Morgan fingerprint density at radius 1 is 1.56 bits per heavy atom. The fourth-order valence-corrected chi connectivity index (χ4v) is 1.31. The highest BCUT2D eigenvalue weighted by Gasteiger charge is 2.08. The summed E-state index contributed by atoms with van der Waals surface area (Å²) in [5.41, 5.74) is -0.172. The molecule has 0 amide bonds. The van der Waals surface area contributed by atoms with Gasteiger partial charge in [0.05, 0.1) is 12.6 Å². The first-order valence-electron chi connectivity index (χ1n) is 5.55. The van der Waals surface area contributed by atoms with Crippen molar-refractivity contribution in [2.45, 2.75) is 39.2 Å². The lowest BCUT2D eigenvalue weighted by atomic mass is 10.2. The van der Waals surface area contributed by atoms with E-state index in [0.717, 1.165) is 6.42 Å². The first-order chi connectivity index (χ1) is 7.56. The summed E-state index contributed by atoms with van der Waals surface area (Å²) in [6.07, 6.45) is 0.780. The summed E-state index contributed by atoms with van der Waals surface area (Å²) < 4.78 is 0. The number of H-pyrrole nitrogens is 1. The van der Waals surface area contributed by atoms with E-state index < -0.39 is 0 Å². The molecule has 90 valence electrons. The highest BCUT2D eigenvalue weighted by atomic mass is 16.3. The lowest BCUT2D eigenvalue weighted by molar-refractivity contribution is 0.271. The molecule has 0 fully saturated rings. The molecular weight excluding hydrogens is 206 g/mol. The van der Waals surface area contributed by atoms with Crippen LogP contribution >= 0.6 is 0 Å². The van der Waals surface area contributed by atoms with Crippen molar-refractivity contribution < 1.29 is 5.11 Å². The van der Waals surface area contributed by atoms with Crippen molar-refractivity contribution in [2.24, 2.45) is 0 Å². The van der Waals surface area contributed by atoms with Gasteiger partial charge in [-0.3, -0.25) is 4.79 Å². The van der Waals surface area contributed by atoms with E-state index in [2.05, 4.69) is 15.3 Å². The second kappa shape index (κ2) is 5.65. The van der Waals surface area contributed by atoms with Crippen LogP contribution in [0, 0.1) is 0 Å². The predicted octanol–water partition coefficient (Wildman–Crippen LogP) is 1.08. The van der Waals surface area contributed by atoms with Gasteiger partial charge < -0.3 is 15.4 Å². The predicted molar refractivity (Wildman–Crippen MR) is 63.7 cm³/mol. The molecule has 0 saturated heterocycles. The van der Waals surface area contributed by atoms with Crippen LogP contribution in [0.15, 0.2) is 10.9 Å². The summed E-state index contributed by atoms with van der Waals surface area (Å²) in [6.45, 7) is 5.92. The summed E-state index contributed by atoms with van der Waals surface area (Å²) in [5.74, 6) is 1.35. The number of anilines is 1. The molecule has 1 unspecified atom stereocenters. The highest BCUT2D eigenvalue weighted by molar-refractivity contribution is 5.34. The van der Waals surface area contributed by atoms with Crippen LogP contribution in [-0.2, 0) is 0 Å². The Morgan fingerprint density at radius 3 is 2.75 bits per heavy atom. The number of aromatic nitrogens is 2. The quantitative estimate of drug-likeness (QED) is 0.700. The van der Waals surface area contributed by atoms with Gasteiger partial charge in [0.1, 0.15) is 11.6 Å². The van der Waals surface area contributed by atoms with Crippen LogP contribution in [0.5, 0.6) is 0 Å². The second-order valence-electron chi connectivity index (χ2n) is 4.10. The van der Waals surface area contributed by atoms with Crippen molar-refractivity contribution in [3.05, 3.63) is 22.2 Å². The van der Waals surface area contributed by atoms with Gasteiger partial charge in [-0.2, -0.15) is 0 Å². The number of nitrogens with zero attached hydrogens (tertiary/aromatic N) is 1. The molecule has 0 bridgehead atoms. The minimum atomic E-state index is -0.172. The van der Waals surface area contributed by atoms with E-state index in [1.54, 1.807) is 0 Å². The summed E-state index contributed by atoms with van der Waals surface area (Å²) in [5, 5.41) is 12.1. The van der Waals surface area contributed by atoms with Crippen molar-refractivity contribution in [1.82, 2.24) is 9.97 Å². The molecule has 1 atom stereocenters. The summed E-state index contributed by atoms with van der Waals surface area (Å²) in [7, 11) is 0. The maximum absolute atomic E-state index is 11.4. The SMILES string of the molecule is CCC(CO)Nc1cc(=O)[nH]c(C(C)C)n1. The van der Waals surface area contributed by atoms with E-state index in [9.17, 15) is 4.79 Å². The summed E-state index contributed by atoms with van der Waals surface area (Å²) >= 11 is 0. The number of aliphatic hydroxyl groups excluding tert-OH is 1. The molecule has 0 radical (unpaired) electrons. The van der Waals surface area contributed by atoms with Crippen LogP contribution in [0.25, 0.3) is 0 Å². The molecule has 1 rings (SSSR count). The maximum Gasteiger partial charge on any atom is 0.252 e. The number of hydrogen-bond donors (Lipinski definition) is 3. The van der Waals surface area contributed by atoms with Gasteiger partial charge in [0, 0.05) is 12.0 Å². The third-order valence-electron chi connectivity index (χ3n) is 2.37. The summed E-state index contributed by atoms with van der Waals surface area (Å²) in [4.78, 5) is 18.4. The van der Waals surface area contributed by atoms with E-state index in [1.165, 1.54) is 6.07 Å². The molecule has 0 spiro atoms. The third kappa shape index (κ3) is 3.34. The van der Waals surface area contributed by atoms with E-state index in [-0.39, 0.29) is 24.1 Å². The van der Waals surface area contributed by atoms with Gasteiger partial charge in [-0.25, -0.2) is 4.98 Å². The Morgan fingerprint density at radius 2 is 2.25 bits per heavy atom. The molecule has 5 nitrogen and oxygen atoms in total. The molecule has 0 aromatic carbocycles. The van der Waals surface area contributed by atoms with Crippen LogP contribution in [0.3, 0.4) is 0 Å². The molecule has 1 aromatic rings. The number of aromatic amines is 1. The lowest BCUT2D eigenvalue weighted by Crippen LogP contribution is -2.25. The van der Waals surface area contributed by atoms with Crippen LogP contribution in [0.2, 0.25) is 0 Å². The molecule has 1 heterocycles. The van der Waals surface area contributed by atoms with Crippen LogP contribution in [0.4, 0.5) is 5.82 Å². The average Bonchev–Trinajstić information content (AvgIpc) is 2.25. The van der Waals surface area contributed by atoms with Gasteiger partial charge in [-0.15, -0.1) is 0 Å². The van der Waals surface area contributed by atoms with Crippen molar-refractivity contribution >= 4 is 5.82 Å². The lowest BCUT2D eigenvalue weighted by Gasteiger charge is -2.15. The van der Waals surface area contributed by atoms with E-state index in [0.29, 0.717) is 11.6 Å². The minimum absolute atomic E-state index is 0.0298. The van der Waals surface area contributed by atoms with Crippen molar-refractivity contribution in [3.8, 4) is 0 Å². The smallest absolute Gasteiger partial charge is 0.252 e. The molecule has 1 aromatic heterocycles. The third-order valence-corrected chi connectivity index (χ3v) is 2.37. The zero-order valence-electron chi connectivity index (χ0n) is 9.95. The average molecular weight is 225 g/mol. The number of hydrogen-bond acceptors (Lipinski definition) is 4.